The molecule has 3 heteroatoms. The molecule has 1 aliphatic heterocycles. The Labute approximate surface area is 61.6 Å². The Morgan fingerprint density at radius 1 is 1.60 bits per heavy atom. The van der Waals surface area contributed by atoms with Gasteiger partial charge in [-0.05, 0) is 6.42 Å². The number of carbonyl (C=O) groups is 1. The Balaban J connectivity index is 0.000000371. The number of aliphatic hydroxyl groups is 1. The van der Waals surface area contributed by atoms with Crippen LogP contribution < -0.4 is 0 Å². The summed E-state index contributed by atoms with van der Waals surface area (Å²) >= 11 is 0. The molecular weight excluding hydrogens is 130 g/mol. The third-order valence-electron chi connectivity index (χ3n) is 1.40. The zero-order valence-electron chi connectivity index (χ0n) is 6.79. The van der Waals surface area contributed by atoms with Crippen LogP contribution in [0.25, 0.3) is 0 Å². The van der Waals surface area contributed by atoms with Crippen molar-refractivity contribution in [3.63, 3.8) is 0 Å². The Morgan fingerprint density at radius 3 is 2.20 bits per heavy atom. The molecular formula is C7H15NO2. The molecule has 1 atom stereocenters. The first-order valence-electron chi connectivity index (χ1n) is 3.65. The van der Waals surface area contributed by atoms with Crippen LogP contribution in [0.2, 0.25) is 0 Å². The van der Waals surface area contributed by atoms with Crippen LogP contribution in [0.1, 0.15) is 20.3 Å². The molecule has 0 aromatic heterocycles. The van der Waals surface area contributed by atoms with Gasteiger partial charge in [-0.2, -0.15) is 0 Å². The van der Waals surface area contributed by atoms with Crippen LogP contribution in [-0.2, 0) is 4.79 Å². The number of nitrogens with zero attached hydrogens (tertiary/aromatic N) is 1. The molecule has 3 nitrogen and oxygen atoms in total. The number of hydrogen-bond donors (Lipinski definition) is 1. The molecule has 0 aromatic carbocycles. The summed E-state index contributed by atoms with van der Waals surface area (Å²) in [5.41, 5.74) is 0. The van der Waals surface area contributed by atoms with Gasteiger partial charge in [0.15, 0.2) is 0 Å². The highest BCUT2D eigenvalue weighted by atomic mass is 16.3. The quantitative estimate of drug-likeness (QED) is 0.530. The molecule has 1 aliphatic rings. The molecule has 1 fully saturated rings. The molecule has 1 unspecified atom stereocenters. The molecule has 10 heavy (non-hydrogen) atoms. The molecule has 0 aromatic rings. The molecule has 1 N–H and O–H groups in total. The molecule has 0 radical (unpaired) electrons. The van der Waals surface area contributed by atoms with Gasteiger partial charge in [-0.25, -0.2) is 0 Å². The second kappa shape index (κ2) is 4.28. The summed E-state index contributed by atoms with van der Waals surface area (Å²) in [7, 11) is 1.69. The van der Waals surface area contributed by atoms with Crippen LogP contribution in [0.4, 0.5) is 0 Å². The molecule has 0 aliphatic carbocycles. The minimum Gasteiger partial charge on any atom is -0.383 e. The van der Waals surface area contributed by atoms with E-state index in [2.05, 4.69) is 0 Å². The highest BCUT2D eigenvalue weighted by Gasteiger charge is 2.25. The van der Waals surface area contributed by atoms with Crippen molar-refractivity contribution in [1.29, 1.82) is 0 Å². The van der Waals surface area contributed by atoms with E-state index in [0.29, 0.717) is 13.0 Å². The summed E-state index contributed by atoms with van der Waals surface area (Å²) < 4.78 is 0. The number of carbonyl (C=O) groups excluding carboxylic acids is 1. The number of likely N-dealkylation sites (tertiary alicyclic amines) is 1. The molecule has 1 heterocycles. The number of hydrogen-bond acceptors (Lipinski definition) is 2. The summed E-state index contributed by atoms with van der Waals surface area (Å²) in [5, 5.41) is 8.78. The largest absolute Gasteiger partial charge is 0.383 e. The van der Waals surface area contributed by atoms with Crippen LogP contribution in [0.15, 0.2) is 0 Å². The predicted molar refractivity (Wildman–Crippen MR) is 39.6 cm³/mol. The van der Waals surface area contributed by atoms with Crippen LogP contribution in [0, 0.1) is 0 Å². The third kappa shape index (κ3) is 1.99. The Hall–Kier alpha value is -0.570. The SMILES string of the molecule is CC.CN1CCC(O)C1=O. The number of rotatable bonds is 0. The van der Waals surface area contributed by atoms with Crippen molar-refractivity contribution in [2.24, 2.45) is 0 Å². The fraction of sp³-hybridized carbons (Fsp3) is 0.857. The third-order valence-corrected chi connectivity index (χ3v) is 1.40. The number of likely N-dealkylation sites (N-methyl/N-ethyl adjacent to an activating group) is 1. The van der Waals surface area contributed by atoms with Crippen molar-refractivity contribution in [1.82, 2.24) is 4.90 Å². The van der Waals surface area contributed by atoms with E-state index in [9.17, 15) is 4.79 Å². The lowest BCUT2D eigenvalue weighted by Crippen LogP contribution is -2.24. The first kappa shape index (κ1) is 9.43. The monoisotopic (exact) mass is 145 g/mol. The van der Waals surface area contributed by atoms with E-state index < -0.39 is 6.10 Å². The topological polar surface area (TPSA) is 40.5 Å². The zero-order chi connectivity index (χ0) is 8.15. The maximum Gasteiger partial charge on any atom is 0.251 e. The highest BCUT2D eigenvalue weighted by Crippen LogP contribution is 2.06. The van der Waals surface area contributed by atoms with Gasteiger partial charge in [0, 0.05) is 13.6 Å². The lowest BCUT2D eigenvalue weighted by Gasteiger charge is -2.04. The van der Waals surface area contributed by atoms with Crippen molar-refractivity contribution < 1.29 is 9.90 Å². The van der Waals surface area contributed by atoms with Crippen molar-refractivity contribution >= 4 is 5.91 Å². The number of aliphatic hydroxyl groups excluding tert-OH is 1. The second-order valence-corrected chi connectivity index (χ2v) is 2.06. The Morgan fingerprint density at radius 2 is 2.10 bits per heavy atom. The predicted octanol–water partition coefficient (Wildman–Crippen LogP) is 0.236. The van der Waals surface area contributed by atoms with Gasteiger partial charge >= 0.3 is 0 Å². The van der Waals surface area contributed by atoms with Gasteiger partial charge in [-0.15, -0.1) is 0 Å². The summed E-state index contributed by atoms with van der Waals surface area (Å²) in [5.74, 6) is -0.148. The molecule has 0 spiro atoms. The van der Waals surface area contributed by atoms with Gasteiger partial charge in [0.25, 0.3) is 5.91 Å². The van der Waals surface area contributed by atoms with E-state index >= 15 is 0 Å². The van der Waals surface area contributed by atoms with E-state index in [1.54, 1.807) is 7.05 Å². The van der Waals surface area contributed by atoms with Crippen molar-refractivity contribution in [2.75, 3.05) is 13.6 Å². The van der Waals surface area contributed by atoms with Gasteiger partial charge < -0.3 is 10.0 Å². The smallest absolute Gasteiger partial charge is 0.251 e. The highest BCUT2D eigenvalue weighted by molar-refractivity contribution is 5.82. The normalized spacial score (nSPS) is 24.2. The van der Waals surface area contributed by atoms with Crippen LogP contribution >= 0.6 is 0 Å². The maximum absolute atomic E-state index is 10.6. The molecule has 1 amide bonds. The van der Waals surface area contributed by atoms with Crippen molar-refractivity contribution in [3.05, 3.63) is 0 Å². The van der Waals surface area contributed by atoms with E-state index in [-0.39, 0.29) is 5.91 Å². The lowest BCUT2D eigenvalue weighted by molar-refractivity contribution is -0.133. The molecule has 60 valence electrons. The van der Waals surface area contributed by atoms with E-state index in [1.165, 1.54) is 4.90 Å². The van der Waals surface area contributed by atoms with Crippen LogP contribution in [0.5, 0.6) is 0 Å². The summed E-state index contributed by atoms with van der Waals surface area (Å²) in [4.78, 5) is 12.1. The summed E-state index contributed by atoms with van der Waals surface area (Å²) in [6.45, 7) is 4.69. The number of amides is 1. The van der Waals surface area contributed by atoms with Gasteiger partial charge in [0.05, 0.1) is 0 Å². The molecule has 1 saturated heterocycles. The van der Waals surface area contributed by atoms with E-state index in [0.717, 1.165) is 0 Å². The summed E-state index contributed by atoms with van der Waals surface area (Å²) in [6, 6.07) is 0. The van der Waals surface area contributed by atoms with Gasteiger partial charge in [-0.3, -0.25) is 4.79 Å². The van der Waals surface area contributed by atoms with Gasteiger partial charge in [0.2, 0.25) is 0 Å². The Bertz CT molecular complexity index is 102. The van der Waals surface area contributed by atoms with Crippen molar-refractivity contribution in [3.8, 4) is 0 Å². The van der Waals surface area contributed by atoms with E-state index in [4.69, 9.17) is 5.11 Å². The van der Waals surface area contributed by atoms with E-state index in [1.807, 2.05) is 13.8 Å². The standard InChI is InChI=1S/C5H9NO2.C2H6/c1-6-3-2-4(7)5(6)8;1-2/h4,7H,2-3H2,1H3;1-2H3. The lowest BCUT2D eigenvalue weighted by atomic mass is 10.3. The average Bonchev–Trinajstić information content (AvgIpc) is 2.25. The fourth-order valence-corrected chi connectivity index (χ4v) is 0.804. The first-order valence-corrected chi connectivity index (χ1v) is 3.65. The maximum atomic E-state index is 10.6. The average molecular weight is 145 g/mol. The fourth-order valence-electron chi connectivity index (χ4n) is 0.804. The van der Waals surface area contributed by atoms with Gasteiger partial charge in [0.1, 0.15) is 6.10 Å². The van der Waals surface area contributed by atoms with Crippen LogP contribution in [-0.4, -0.2) is 35.6 Å². The van der Waals surface area contributed by atoms with Crippen molar-refractivity contribution in [2.45, 2.75) is 26.4 Å². The minimum atomic E-state index is -0.722. The Kier molecular flexibility index (Phi) is 4.03. The molecule has 0 bridgehead atoms. The summed E-state index contributed by atoms with van der Waals surface area (Å²) in [6.07, 6.45) is -0.130. The zero-order valence-corrected chi connectivity index (χ0v) is 6.79. The van der Waals surface area contributed by atoms with Gasteiger partial charge in [-0.1, -0.05) is 13.8 Å². The first-order chi connectivity index (χ1) is 4.72. The molecule has 0 saturated carbocycles. The minimum absolute atomic E-state index is 0.148. The van der Waals surface area contributed by atoms with Crippen LogP contribution in [0.3, 0.4) is 0 Å². The second-order valence-electron chi connectivity index (χ2n) is 2.06. The molecule has 1 rings (SSSR count).